The first-order valence-electron chi connectivity index (χ1n) is 12.3. The number of halogens is 1. The zero-order valence-electron chi connectivity index (χ0n) is 21.5. The van der Waals surface area contributed by atoms with Gasteiger partial charge in [-0.2, -0.15) is 0 Å². The van der Waals surface area contributed by atoms with Gasteiger partial charge in [0.25, 0.3) is 5.91 Å². The van der Waals surface area contributed by atoms with Crippen LogP contribution < -0.4 is 10.1 Å². The lowest BCUT2D eigenvalue weighted by molar-refractivity contribution is -0.142. The van der Waals surface area contributed by atoms with E-state index in [1.165, 1.54) is 11.0 Å². The Labute approximate surface area is 213 Å². The molecule has 0 heterocycles. The maximum atomic E-state index is 14.6. The third kappa shape index (κ3) is 7.67. The van der Waals surface area contributed by atoms with Gasteiger partial charge in [0.2, 0.25) is 5.91 Å². The molecule has 0 aliphatic heterocycles. The van der Waals surface area contributed by atoms with Crippen molar-refractivity contribution in [3.8, 4) is 5.75 Å². The van der Waals surface area contributed by atoms with Gasteiger partial charge in [0.05, 0.1) is 0 Å². The van der Waals surface area contributed by atoms with Crippen LogP contribution in [0.5, 0.6) is 5.75 Å². The number of amides is 2. The van der Waals surface area contributed by atoms with Crippen LogP contribution in [0.1, 0.15) is 36.1 Å². The number of benzene rings is 3. The normalized spacial score (nSPS) is 11.7. The Morgan fingerprint density at radius 1 is 0.972 bits per heavy atom. The minimum absolute atomic E-state index is 0.0473. The van der Waals surface area contributed by atoms with Crippen LogP contribution in [-0.2, 0) is 22.6 Å². The predicted molar refractivity (Wildman–Crippen MR) is 140 cm³/mol. The molecule has 1 atom stereocenters. The highest BCUT2D eigenvalue weighted by molar-refractivity contribution is 5.88. The standard InChI is InChI=1S/C30H35FN2O3/c1-21(2)18-32-30(35)27(17-24-10-6-5-7-11-24)33(19-25-12-8-9-13-26(25)31)29(34)20-36-28-15-14-22(3)16-23(28)4/h5-16,21,27H,17-20H2,1-4H3,(H,32,35)/t27-/m1/s1. The van der Waals surface area contributed by atoms with Crippen molar-refractivity contribution >= 4 is 11.8 Å². The molecule has 0 fully saturated rings. The second-order valence-corrected chi connectivity index (χ2v) is 9.52. The lowest BCUT2D eigenvalue weighted by Gasteiger charge is -2.32. The van der Waals surface area contributed by atoms with Crippen molar-refractivity contribution in [2.24, 2.45) is 5.92 Å². The Hall–Kier alpha value is -3.67. The summed E-state index contributed by atoms with van der Waals surface area (Å²) in [5.41, 5.74) is 3.26. The van der Waals surface area contributed by atoms with Gasteiger partial charge < -0.3 is 15.0 Å². The molecule has 3 aromatic carbocycles. The number of nitrogens with zero attached hydrogens (tertiary/aromatic N) is 1. The second kappa shape index (κ2) is 12.9. The number of nitrogens with one attached hydrogen (secondary N) is 1. The summed E-state index contributed by atoms with van der Waals surface area (Å²) in [7, 11) is 0. The molecule has 0 spiro atoms. The quantitative estimate of drug-likeness (QED) is 0.400. The van der Waals surface area contributed by atoms with Crippen molar-refractivity contribution in [3.63, 3.8) is 0 Å². The number of hydrogen-bond donors (Lipinski definition) is 1. The van der Waals surface area contributed by atoms with Crippen molar-refractivity contribution in [3.05, 3.63) is 101 Å². The van der Waals surface area contributed by atoms with Crippen LogP contribution in [0.25, 0.3) is 0 Å². The van der Waals surface area contributed by atoms with E-state index in [4.69, 9.17) is 4.74 Å². The summed E-state index contributed by atoms with van der Waals surface area (Å²) in [4.78, 5) is 28.4. The molecule has 0 bridgehead atoms. The zero-order chi connectivity index (χ0) is 26.1. The largest absolute Gasteiger partial charge is 0.483 e. The molecule has 0 saturated heterocycles. The number of aryl methyl sites for hydroxylation is 2. The van der Waals surface area contributed by atoms with Gasteiger partial charge in [-0.3, -0.25) is 9.59 Å². The van der Waals surface area contributed by atoms with Crippen LogP contribution in [0.15, 0.2) is 72.8 Å². The van der Waals surface area contributed by atoms with Crippen LogP contribution in [0, 0.1) is 25.6 Å². The zero-order valence-corrected chi connectivity index (χ0v) is 21.5. The smallest absolute Gasteiger partial charge is 0.261 e. The molecule has 0 unspecified atom stereocenters. The van der Waals surface area contributed by atoms with Crippen molar-refractivity contribution in [1.82, 2.24) is 10.2 Å². The van der Waals surface area contributed by atoms with E-state index in [1.54, 1.807) is 18.2 Å². The molecule has 0 aliphatic rings. The molecular weight excluding hydrogens is 455 g/mol. The summed E-state index contributed by atoms with van der Waals surface area (Å²) >= 11 is 0. The fourth-order valence-electron chi connectivity index (χ4n) is 3.97. The van der Waals surface area contributed by atoms with Gasteiger partial charge in [0, 0.05) is 25.1 Å². The highest BCUT2D eigenvalue weighted by Crippen LogP contribution is 2.20. The summed E-state index contributed by atoms with van der Waals surface area (Å²) in [6, 6.07) is 20.7. The number of hydrogen-bond acceptors (Lipinski definition) is 3. The molecule has 190 valence electrons. The summed E-state index contributed by atoms with van der Waals surface area (Å²) in [6.45, 7) is 8.09. The predicted octanol–water partition coefficient (Wildman–Crippen LogP) is 5.23. The lowest BCUT2D eigenvalue weighted by Crippen LogP contribution is -2.52. The summed E-state index contributed by atoms with van der Waals surface area (Å²) in [5.74, 6) is -0.243. The molecule has 0 saturated carbocycles. The van der Waals surface area contributed by atoms with Gasteiger partial charge in [-0.15, -0.1) is 0 Å². The SMILES string of the molecule is Cc1ccc(OCC(=O)N(Cc2ccccc2F)[C@H](Cc2ccccc2)C(=O)NCC(C)C)c(C)c1. The summed E-state index contributed by atoms with van der Waals surface area (Å²) in [5, 5.41) is 2.96. The van der Waals surface area contributed by atoms with Crippen LogP contribution in [0.3, 0.4) is 0 Å². The Balaban J connectivity index is 1.92. The molecule has 0 aromatic heterocycles. The van der Waals surface area contributed by atoms with Crippen molar-refractivity contribution in [2.45, 2.75) is 46.7 Å². The van der Waals surface area contributed by atoms with E-state index in [2.05, 4.69) is 5.32 Å². The molecule has 3 rings (SSSR count). The molecule has 6 heteroatoms. The molecule has 0 aliphatic carbocycles. The fourth-order valence-corrected chi connectivity index (χ4v) is 3.97. The molecular formula is C30H35FN2O3. The maximum absolute atomic E-state index is 14.6. The van der Waals surface area contributed by atoms with Gasteiger partial charge in [0.1, 0.15) is 17.6 Å². The number of ether oxygens (including phenoxy) is 1. The Kier molecular flexibility index (Phi) is 9.62. The minimum Gasteiger partial charge on any atom is -0.483 e. The van der Waals surface area contributed by atoms with Gasteiger partial charge >= 0.3 is 0 Å². The monoisotopic (exact) mass is 490 g/mol. The van der Waals surface area contributed by atoms with Gasteiger partial charge in [0.15, 0.2) is 6.61 Å². The lowest BCUT2D eigenvalue weighted by atomic mass is 10.0. The number of carbonyl (C=O) groups excluding carboxylic acids is 2. The van der Waals surface area contributed by atoms with Crippen LogP contribution in [-0.4, -0.2) is 35.9 Å². The molecule has 1 N–H and O–H groups in total. The Morgan fingerprint density at radius 3 is 2.33 bits per heavy atom. The first-order valence-corrected chi connectivity index (χ1v) is 12.3. The van der Waals surface area contributed by atoms with Gasteiger partial charge in [-0.05, 0) is 43.0 Å². The Bertz CT molecular complexity index is 1160. The van der Waals surface area contributed by atoms with E-state index < -0.39 is 11.9 Å². The topological polar surface area (TPSA) is 58.6 Å². The van der Waals surface area contributed by atoms with E-state index in [-0.39, 0.29) is 30.9 Å². The third-order valence-corrected chi connectivity index (χ3v) is 5.94. The summed E-state index contributed by atoms with van der Waals surface area (Å²) in [6.07, 6.45) is 0.300. The second-order valence-electron chi connectivity index (χ2n) is 9.52. The van der Waals surface area contributed by atoms with Gasteiger partial charge in [-0.25, -0.2) is 4.39 Å². The highest BCUT2D eigenvalue weighted by Gasteiger charge is 2.31. The first kappa shape index (κ1) is 26.9. The average molecular weight is 491 g/mol. The van der Waals surface area contributed by atoms with E-state index >= 15 is 0 Å². The molecule has 5 nitrogen and oxygen atoms in total. The summed E-state index contributed by atoms with van der Waals surface area (Å²) < 4.78 is 20.5. The number of rotatable bonds is 11. The maximum Gasteiger partial charge on any atom is 0.261 e. The van der Waals surface area contributed by atoms with Crippen molar-refractivity contribution in [1.29, 1.82) is 0 Å². The van der Waals surface area contributed by atoms with E-state index in [9.17, 15) is 14.0 Å². The first-order chi connectivity index (χ1) is 17.2. The fraction of sp³-hybridized carbons (Fsp3) is 0.333. The van der Waals surface area contributed by atoms with Crippen LogP contribution >= 0.6 is 0 Å². The van der Waals surface area contributed by atoms with Crippen LogP contribution in [0.2, 0.25) is 0 Å². The third-order valence-electron chi connectivity index (χ3n) is 5.94. The van der Waals surface area contributed by atoms with E-state index in [1.807, 2.05) is 76.2 Å². The average Bonchev–Trinajstić information content (AvgIpc) is 2.85. The van der Waals surface area contributed by atoms with Gasteiger partial charge in [-0.1, -0.05) is 80.1 Å². The van der Waals surface area contributed by atoms with Crippen LogP contribution in [0.4, 0.5) is 4.39 Å². The molecule has 3 aromatic rings. The molecule has 2 amide bonds. The van der Waals surface area contributed by atoms with Crippen molar-refractivity contribution < 1.29 is 18.7 Å². The Morgan fingerprint density at radius 2 is 1.67 bits per heavy atom. The molecule has 36 heavy (non-hydrogen) atoms. The minimum atomic E-state index is -0.832. The van der Waals surface area contributed by atoms with E-state index in [0.29, 0.717) is 24.3 Å². The van der Waals surface area contributed by atoms with E-state index in [0.717, 1.165) is 16.7 Å². The highest BCUT2D eigenvalue weighted by atomic mass is 19.1. The molecule has 0 radical (unpaired) electrons. The number of carbonyl (C=O) groups is 2. The van der Waals surface area contributed by atoms with Crippen molar-refractivity contribution in [2.75, 3.05) is 13.2 Å².